The Kier molecular flexibility index (Phi) is 2.41. The highest BCUT2D eigenvalue weighted by atomic mass is 15.2. The maximum atomic E-state index is 4.50. The summed E-state index contributed by atoms with van der Waals surface area (Å²) in [4.78, 5) is 9.63. The van der Waals surface area contributed by atoms with Crippen LogP contribution < -0.4 is 0 Å². The van der Waals surface area contributed by atoms with Crippen molar-refractivity contribution in [3.63, 3.8) is 0 Å². The molecular weight excluding hydrogens is 238 g/mol. The summed E-state index contributed by atoms with van der Waals surface area (Å²) in [6.45, 7) is 3.62. The van der Waals surface area contributed by atoms with E-state index in [1.807, 2.05) is 0 Å². The summed E-state index contributed by atoms with van der Waals surface area (Å²) in [7, 11) is 0. The molecule has 2 atom stereocenters. The summed E-state index contributed by atoms with van der Waals surface area (Å²) in [5, 5.41) is 8.87. The van der Waals surface area contributed by atoms with Crippen molar-refractivity contribution in [1.29, 1.82) is 0 Å². The molecule has 0 radical (unpaired) electrons. The van der Waals surface area contributed by atoms with Gasteiger partial charge < -0.3 is 9.88 Å². The molecule has 5 nitrogen and oxygen atoms in total. The van der Waals surface area contributed by atoms with E-state index in [1.54, 1.807) is 12.5 Å². The lowest BCUT2D eigenvalue weighted by Gasteiger charge is -2.33. The molecule has 0 aromatic carbocycles. The normalized spacial score (nSPS) is 29.6. The van der Waals surface area contributed by atoms with Crippen molar-refractivity contribution in [2.45, 2.75) is 24.7 Å². The smallest absolute Gasteiger partial charge is 0.111 e. The molecule has 2 bridgehead atoms. The summed E-state index contributed by atoms with van der Waals surface area (Å²) in [6, 6.07) is 4.21. The number of imidazole rings is 1. The Morgan fingerprint density at radius 2 is 2.16 bits per heavy atom. The van der Waals surface area contributed by atoms with E-state index in [1.165, 1.54) is 32.4 Å². The number of piperidine rings is 1. The number of aromatic nitrogens is 4. The number of fused-ring (bicyclic) bond motifs is 2. The zero-order valence-electron chi connectivity index (χ0n) is 10.8. The Balaban J connectivity index is 1.66. The first-order chi connectivity index (χ1) is 9.36. The van der Waals surface area contributed by atoms with Crippen LogP contribution in [0.4, 0.5) is 0 Å². The fourth-order valence-corrected chi connectivity index (χ4v) is 3.49. The third-order valence-corrected chi connectivity index (χ3v) is 4.54. The minimum absolute atomic E-state index is 0.262. The van der Waals surface area contributed by atoms with Crippen molar-refractivity contribution >= 4 is 0 Å². The average molecular weight is 255 g/mol. The molecule has 2 fully saturated rings. The number of H-pyrrole nitrogens is 1. The Bertz CT molecular complexity index is 558. The van der Waals surface area contributed by atoms with Gasteiger partial charge in [-0.05, 0) is 44.5 Å². The first kappa shape index (κ1) is 11.1. The van der Waals surface area contributed by atoms with E-state index in [9.17, 15) is 0 Å². The first-order valence-corrected chi connectivity index (χ1v) is 6.91. The molecule has 19 heavy (non-hydrogen) atoms. The van der Waals surface area contributed by atoms with Crippen molar-refractivity contribution in [2.24, 2.45) is 0 Å². The molecule has 2 aliphatic rings. The second-order valence-corrected chi connectivity index (χ2v) is 5.68. The number of nitrogens with zero attached hydrogens (tertiary/aromatic N) is 4. The van der Waals surface area contributed by atoms with Crippen LogP contribution in [0, 0.1) is 0 Å². The maximum absolute atomic E-state index is 4.50. The minimum Gasteiger partial charge on any atom is -0.343 e. The van der Waals surface area contributed by atoms with Gasteiger partial charge in [0.1, 0.15) is 5.69 Å². The van der Waals surface area contributed by atoms with Crippen LogP contribution in [0.3, 0.4) is 0 Å². The van der Waals surface area contributed by atoms with Crippen molar-refractivity contribution in [1.82, 2.24) is 25.1 Å². The fourth-order valence-electron chi connectivity index (χ4n) is 3.49. The maximum Gasteiger partial charge on any atom is 0.111 e. The molecular formula is C14H17N5. The summed E-state index contributed by atoms with van der Waals surface area (Å²) in [5.41, 5.74) is 3.21. The van der Waals surface area contributed by atoms with Crippen LogP contribution in [0.25, 0.3) is 11.4 Å². The topological polar surface area (TPSA) is 57.7 Å². The highest BCUT2D eigenvalue weighted by molar-refractivity contribution is 5.51. The molecule has 1 N–H and O–H groups in total. The van der Waals surface area contributed by atoms with Gasteiger partial charge in [0, 0.05) is 12.0 Å². The molecule has 98 valence electrons. The molecule has 2 saturated heterocycles. The highest BCUT2D eigenvalue weighted by Crippen LogP contribution is 2.41. The lowest BCUT2D eigenvalue weighted by Crippen LogP contribution is -2.37. The van der Waals surface area contributed by atoms with Gasteiger partial charge in [-0.15, -0.1) is 5.10 Å². The SMILES string of the molecule is c1ncc(-c2ccc([C@@]34CCCN(CC3)C4)nn2)[nH]1. The van der Waals surface area contributed by atoms with Crippen LogP contribution in [0.5, 0.6) is 0 Å². The summed E-state index contributed by atoms with van der Waals surface area (Å²) >= 11 is 0. The van der Waals surface area contributed by atoms with Gasteiger partial charge in [0.2, 0.25) is 0 Å². The standard InChI is InChI=1S/C14H17N5/c1-4-14(5-7-19(6-1)9-14)13-3-2-11(17-18-13)12-8-15-10-16-12/h2-3,8,10H,1,4-7,9H2,(H,15,16)/t14-/m0/s1. The monoisotopic (exact) mass is 255 g/mol. The fraction of sp³-hybridized carbons (Fsp3) is 0.500. The van der Waals surface area contributed by atoms with Crippen molar-refractivity contribution in [3.8, 4) is 11.4 Å². The molecule has 2 aromatic rings. The Hall–Kier alpha value is -1.75. The Morgan fingerprint density at radius 3 is 2.95 bits per heavy atom. The van der Waals surface area contributed by atoms with E-state index in [0.717, 1.165) is 23.6 Å². The third kappa shape index (κ3) is 1.76. The molecule has 5 heteroatoms. The first-order valence-electron chi connectivity index (χ1n) is 6.91. The summed E-state index contributed by atoms with van der Waals surface area (Å²) in [5.74, 6) is 0. The lowest BCUT2D eigenvalue weighted by molar-refractivity contribution is 0.239. The quantitative estimate of drug-likeness (QED) is 0.885. The molecule has 4 rings (SSSR count). The van der Waals surface area contributed by atoms with Gasteiger partial charge in [-0.3, -0.25) is 0 Å². The van der Waals surface area contributed by atoms with Gasteiger partial charge in [0.15, 0.2) is 0 Å². The average Bonchev–Trinajstić information content (AvgIpc) is 3.09. The van der Waals surface area contributed by atoms with Gasteiger partial charge in [-0.1, -0.05) is 0 Å². The molecule has 0 saturated carbocycles. The number of rotatable bonds is 2. The van der Waals surface area contributed by atoms with Gasteiger partial charge in [-0.2, -0.15) is 5.10 Å². The summed E-state index contributed by atoms with van der Waals surface area (Å²) < 4.78 is 0. The molecule has 0 spiro atoms. The molecule has 2 aromatic heterocycles. The zero-order chi connectivity index (χ0) is 12.7. The zero-order valence-corrected chi connectivity index (χ0v) is 10.8. The second-order valence-electron chi connectivity index (χ2n) is 5.68. The number of nitrogens with one attached hydrogen (secondary N) is 1. The van der Waals surface area contributed by atoms with Crippen molar-refractivity contribution in [3.05, 3.63) is 30.4 Å². The molecule has 1 unspecified atom stereocenters. The van der Waals surface area contributed by atoms with Gasteiger partial charge in [-0.25, -0.2) is 4.98 Å². The number of hydrogen-bond donors (Lipinski definition) is 1. The van der Waals surface area contributed by atoms with E-state index in [-0.39, 0.29) is 5.41 Å². The van der Waals surface area contributed by atoms with Crippen LogP contribution in [0.15, 0.2) is 24.7 Å². The van der Waals surface area contributed by atoms with Crippen LogP contribution in [-0.4, -0.2) is 44.7 Å². The van der Waals surface area contributed by atoms with Crippen molar-refractivity contribution < 1.29 is 0 Å². The van der Waals surface area contributed by atoms with E-state index >= 15 is 0 Å². The van der Waals surface area contributed by atoms with E-state index in [2.05, 4.69) is 37.2 Å². The van der Waals surface area contributed by atoms with Gasteiger partial charge >= 0.3 is 0 Å². The third-order valence-electron chi connectivity index (χ3n) is 4.54. The number of aromatic amines is 1. The van der Waals surface area contributed by atoms with E-state index in [4.69, 9.17) is 0 Å². The largest absolute Gasteiger partial charge is 0.343 e. The van der Waals surface area contributed by atoms with Gasteiger partial charge in [0.25, 0.3) is 0 Å². The molecule has 0 amide bonds. The predicted octanol–water partition coefficient (Wildman–Crippen LogP) is 1.60. The molecule has 0 aliphatic carbocycles. The van der Waals surface area contributed by atoms with Crippen LogP contribution in [-0.2, 0) is 5.41 Å². The number of hydrogen-bond acceptors (Lipinski definition) is 4. The van der Waals surface area contributed by atoms with Crippen LogP contribution in [0.2, 0.25) is 0 Å². The van der Waals surface area contributed by atoms with E-state index < -0.39 is 0 Å². The lowest BCUT2D eigenvalue weighted by atomic mass is 9.78. The van der Waals surface area contributed by atoms with Crippen LogP contribution >= 0.6 is 0 Å². The second kappa shape index (κ2) is 4.13. The Labute approximate surface area is 112 Å². The van der Waals surface area contributed by atoms with Crippen molar-refractivity contribution in [2.75, 3.05) is 19.6 Å². The Morgan fingerprint density at radius 1 is 1.16 bits per heavy atom. The van der Waals surface area contributed by atoms with E-state index in [0.29, 0.717) is 0 Å². The van der Waals surface area contributed by atoms with Gasteiger partial charge in [0.05, 0.1) is 23.9 Å². The molecule has 2 aliphatic heterocycles. The highest BCUT2D eigenvalue weighted by Gasteiger charge is 2.43. The predicted molar refractivity (Wildman–Crippen MR) is 71.6 cm³/mol. The minimum atomic E-state index is 0.262. The van der Waals surface area contributed by atoms with Crippen LogP contribution in [0.1, 0.15) is 25.0 Å². The summed E-state index contributed by atoms with van der Waals surface area (Å²) in [6.07, 6.45) is 7.20. The molecule has 4 heterocycles.